The molecule has 0 saturated carbocycles. The van der Waals surface area contributed by atoms with E-state index >= 15 is 0 Å². The Balaban J connectivity index is 1.64. The molecule has 1 aromatic heterocycles. The fraction of sp³-hybridized carbons (Fsp3) is 0.464. The number of aromatic nitrogens is 1. The Hall–Kier alpha value is -2.88. The molecule has 5 rings (SSSR count). The number of likely N-dealkylation sites (tertiary alicyclic amines) is 1. The van der Waals surface area contributed by atoms with E-state index in [4.69, 9.17) is 4.74 Å². The van der Waals surface area contributed by atoms with Gasteiger partial charge in [-0.15, -0.1) is 0 Å². The number of fused-ring (bicyclic) bond motifs is 4. The fourth-order valence-corrected chi connectivity index (χ4v) is 7.70. The summed E-state index contributed by atoms with van der Waals surface area (Å²) in [6, 6.07) is 11.9. The minimum absolute atomic E-state index is 0.148. The summed E-state index contributed by atoms with van der Waals surface area (Å²) >= 11 is 0. The van der Waals surface area contributed by atoms with Gasteiger partial charge in [0.25, 0.3) is 0 Å². The summed E-state index contributed by atoms with van der Waals surface area (Å²) in [6.45, 7) is 4.96. The van der Waals surface area contributed by atoms with Crippen LogP contribution in [0.1, 0.15) is 55.5 Å². The number of carbonyl (C=O) groups excluding carboxylic acids is 1. The van der Waals surface area contributed by atoms with Crippen molar-refractivity contribution in [2.75, 3.05) is 33.4 Å². The number of sulfonamides is 1. The van der Waals surface area contributed by atoms with Gasteiger partial charge in [0.05, 0.1) is 24.7 Å². The van der Waals surface area contributed by atoms with E-state index in [9.17, 15) is 18.3 Å². The monoisotopic (exact) mass is 525 g/mol. The SMILES string of the molecule is CCCC(=O)N1CCC2(CC1)CN(S(=O)(=O)c1ccc(C)cc1)[C@@H](CO)c1[nH]c3cc(OC)ccc3c12. The third-order valence-electron chi connectivity index (χ3n) is 8.04. The molecule has 0 aliphatic carbocycles. The lowest BCUT2D eigenvalue weighted by molar-refractivity contribution is -0.133. The molecule has 8 nitrogen and oxygen atoms in total. The molecule has 2 aliphatic heterocycles. The number of aryl methyl sites for hydroxylation is 1. The second kappa shape index (κ2) is 9.78. The number of aliphatic hydroxyl groups excluding tert-OH is 1. The number of hydrogen-bond donors (Lipinski definition) is 2. The molecule has 9 heteroatoms. The molecule has 3 heterocycles. The van der Waals surface area contributed by atoms with Crippen molar-refractivity contribution in [2.24, 2.45) is 0 Å². The summed E-state index contributed by atoms with van der Waals surface area (Å²) in [5.74, 6) is 0.847. The second-order valence-electron chi connectivity index (χ2n) is 10.3. The zero-order valence-electron chi connectivity index (χ0n) is 21.7. The molecule has 2 N–H and O–H groups in total. The Bertz CT molecular complexity index is 1410. The van der Waals surface area contributed by atoms with Crippen LogP contribution in [0.4, 0.5) is 0 Å². The van der Waals surface area contributed by atoms with E-state index in [1.807, 2.05) is 36.9 Å². The average molecular weight is 526 g/mol. The molecule has 2 aromatic carbocycles. The predicted octanol–water partition coefficient (Wildman–Crippen LogP) is 3.88. The molecule has 1 saturated heterocycles. The number of benzene rings is 2. The van der Waals surface area contributed by atoms with Crippen LogP contribution in [0.3, 0.4) is 0 Å². The van der Waals surface area contributed by atoms with Crippen molar-refractivity contribution in [3.05, 3.63) is 59.3 Å². The predicted molar refractivity (Wildman–Crippen MR) is 142 cm³/mol. The number of methoxy groups -OCH3 is 1. The van der Waals surface area contributed by atoms with Gasteiger partial charge in [-0.3, -0.25) is 4.79 Å². The molecule has 2 aliphatic rings. The van der Waals surface area contributed by atoms with Crippen molar-refractivity contribution in [2.45, 2.75) is 55.9 Å². The zero-order valence-corrected chi connectivity index (χ0v) is 22.5. The molecular weight excluding hydrogens is 490 g/mol. The van der Waals surface area contributed by atoms with E-state index in [1.54, 1.807) is 31.4 Å². The van der Waals surface area contributed by atoms with Gasteiger partial charge in [0.15, 0.2) is 0 Å². The molecule has 37 heavy (non-hydrogen) atoms. The molecule has 0 bridgehead atoms. The van der Waals surface area contributed by atoms with Crippen molar-refractivity contribution < 1.29 is 23.1 Å². The van der Waals surface area contributed by atoms with Crippen LogP contribution in [-0.4, -0.2) is 67.0 Å². The van der Waals surface area contributed by atoms with Gasteiger partial charge in [0, 0.05) is 54.1 Å². The van der Waals surface area contributed by atoms with Crippen LogP contribution in [0, 0.1) is 6.92 Å². The summed E-state index contributed by atoms with van der Waals surface area (Å²) < 4.78 is 34.9. The molecule has 1 fully saturated rings. The van der Waals surface area contributed by atoms with Crippen molar-refractivity contribution >= 4 is 26.8 Å². The first-order valence-electron chi connectivity index (χ1n) is 12.9. The number of nitrogens with one attached hydrogen (secondary N) is 1. The number of aromatic amines is 1. The largest absolute Gasteiger partial charge is 0.497 e. The van der Waals surface area contributed by atoms with Gasteiger partial charge in [-0.25, -0.2) is 8.42 Å². The first-order chi connectivity index (χ1) is 17.7. The molecule has 1 atom stereocenters. The minimum Gasteiger partial charge on any atom is -0.497 e. The van der Waals surface area contributed by atoms with E-state index in [0.717, 1.165) is 34.1 Å². The van der Waals surface area contributed by atoms with E-state index in [0.29, 0.717) is 38.1 Å². The molecule has 198 valence electrons. The number of nitrogens with zero attached hydrogens (tertiary/aromatic N) is 2. The number of aliphatic hydroxyl groups is 1. The maximum atomic E-state index is 14.0. The number of amides is 1. The Morgan fingerprint density at radius 3 is 2.49 bits per heavy atom. The Morgan fingerprint density at radius 1 is 1.16 bits per heavy atom. The van der Waals surface area contributed by atoms with Crippen molar-refractivity contribution in [1.29, 1.82) is 0 Å². The first-order valence-corrected chi connectivity index (χ1v) is 14.4. The number of hydrogen-bond acceptors (Lipinski definition) is 5. The van der Waals surface area contributed by atoms with Crippen LogP contribution < -0.4 is 4.74 Å². The number of carbonyl (C=O) groups is 1. The normalized spacial score (nSPS) is 19.8. The summed E-state index contributed by atoms with van der Waals surface area (Å²) in [5, 5.41) is 11.6. The van der Waals surface area contributed by atoms with Gasteiger partial charge >= 0.3 is 0 Å². The first kappa shape index (κ1) is 25.8. The summed E-state index contributed by atoms with van der Waals surface area (Å²) in [7, 11) is -2.29. The van der Waals surface area contributed by atoms with Crippen molar-refractivity contribution in [3.63, 3.8) is 0 Å². The van der Waals surface area contributed by atoms with Gasteiger partial charge in [-0.1, -0.05) is 24.6 Å². The topological polar surface area (TPSA) is 103 Å². The average Bonchev–Trinajstić information content (AvgIpc) is 3.29. The van der Waals surface area contributed by atoms with Crippen LogP contribution in [0.15, 0.2) is 47.4 Å². The standard InChI is InChI=1S/C28H35N3O5S/c1-4-5-25(33)30-14-12-28(13-15-30)18-31(37(34,35)21-9-6-19(2)7-10-21)24(17-32)27-26(28)22-11-8-20(36-3)16-23(22)29-27/h6-11,16,24,29,32H,4-5,12-15,17-18H2,1-3H3/t24-/m0/s1. The Kier molecular flexibility index (Phi) is 6.81. The van der Waals surface area contributed by atoms with Crippen LogP contribution >= 0.6 is 0 Å². The summed E-state index contributed by atoms with van der Waals surface area (Å²) in [6.07, 6.45) is 2.61. The highest BCUT2D eigenvalue weighted by Crippen LogP contribution is 2.50. The Labute approximate surface area is 218 Å². The van der Waals surface area contributed by atoms with Gasteiger partial charge in [-0.2, -0.15) is 4.31 Å². The quantitative estimate of drug-likeness (QED) is 0.508. The van der Waals surface area contributed by atoms with Gasteiger partial charge in [0.1, 0.15) is 5.75 Å². The zero-order chi connectivity index (χ0) is 26.4. The van der Waals surface area contributed by atoms with E-state index in [1.165, 1.54) is 4.31 Å². The summed E-state index contributed by atoms with van der Waals surface area (Å²) in [4.78, 5) is 18.2. The third-order valence-corrected chi connectivity index (χ3v) is 9.91. The number of piperidine rings is 1. The van der Waals surface area contributed by atoms with E-state index in [2.05, 4.69) is 4.98 Å². The van der Waals surface area contributed by atoms with Crippen molar-refractivity contribution in [1.82, 2.24) is 14.2 Å². The van der Waals surface area contributed by atoms with Crippen LogP contribution in [0.25, 0.3) is 10.9 Å². The second-order valence-corrected chi connectivity index (χ2v) is 12.2. The fourth-order valence-electron chi connectivity index (χ4n) is 6.02. The lowest BCUT2D eigenvalue weighted by atomic mass is 9.69. The highest BCUT2D eigenvalue weighted by molar-refractivity contribution is 7.89. The van der Waals surface area contributed by atoms with E-state index in [-0.39, 0.29) is 24.0 Å². The lowest BCUT2D eigenvalue weighted by Gasteiger charge is -2.49. The Morgan fingerprint density at radius 2 is 1.86 bits per heavy atom. The van der Waals surface area contributed by atoms with Crippen LogP contribution in [0.2, 0.25) is 0 Å². The number of H-pyrrole nitrogens is 1. The number of rotatable bonds is 6. The highest BCUT2D eigenvalue weighted by Gasteiger charge is 2.51. The maximum absolute atomic E-state index is 14.0. The van der Waals surface area contributed by atoms with Gasteiger partial charge in [-0.05, 0) is 56.0 Å². The van der Waals surface area contributed by atoms with Gasteiger partial charge < -0.3 is 19.7 Å². The van der Waals surface area contributed by atoms with E-state index < -0.39 is 21.5 Å². The summed E-state index contributed by atoms with van der Waals surface area (Å²) in [5.41, 5.74) is 3.11. The van der Waals surface area contributed by atoms with Crippen LogP contribution in [-0.2, 0) is 20.2 Å². The molecule has 0 unspecified atom stereocenters. The minimum atomic E-state index is -3.90. The van der Waals surface area contributed by atoms with Crippen LogP contribution in [0.5, 0.6) is 5.75 Å². The lowest BCUT2D eigenvalue weighted by Crippen LogP contribution is -2.55. The highest BCUT2D eigenvalue weighted by atomic mass is 32.2. The van der Waals surface area contributed by atoms with Crippen molar-refractivity contribution in [3.8, 4) is 5.75 Å². The number of ether oxygens (including phenoxy) is 1. The molecule has 0 radical (unpaired) electrons. The van der Waals surface area contributed by atoms with Gasteiger partial charge in [0.2, 0.25) is 15.9 Å². The molecule has 1 spiro atoms. The maximum Gasteiger partial charge on any atom is 0.243 e. The smallest absolute Gasteiger partial charge is 0.243 e. The molecule has 3 aromatic rings. The third kappa shape index (κ3) is 4.32. The molecular formula is C28H35N3O5S. The molecule has 1 amide bonds.